The number of fused-ring (bicyclic) bond motifs is 5. The van der Waals surface area contributed by atoms with E-state index in [0.29, 0.717) is 22.9 Å². The maximum Gasteiger partial charge on any atom is 0.302 e. The molecule has 0 heterocycles. The van der Waals surface area contributed by atoms with E-state index in [2.05, 4.69) is 54.8 Å². The third kappa shape index (κ3) is 4.27. The fraction of sp³-hybridized carbons (Fsp3) is 0.731. The number of carbonyl (C=O) groups excluding carboxylic acids is 1. The molecule has 2 fully saturated rings. The predicted molar refractivity (Wildman–Crippen MR) is 133 cm³/mol. The van der Waals surface area contributed by atoms with Crippen LogP contribution in [0.5, 0.6) is 0 Å². The summed E-state index contributed by atoms with van der Waals surface area (Å²) in [5.74, 6) is 1.69. The van der Waals surface area contributed by atoms with Crippen LogP contribution in [0.15, 0.2) is 28.9 Å². The Morgan fingerprint density at radius 2 is 2.06 bits per heavy atom. The molecule has 5 nitrogen and oxygen atoms in total. The molecule has 6 unspecified atom stereocenters. The quantitative estimate of drug-likeness (QED) is 0.255. The number of unbranched alkanes of at least 4 members (excludes halogenated alkanes) is 1. The number of allylic oxidation sites excluding steroid dienone is 4. The van der Waals surface area contributed by atoms with Crippen molar-refractivity contribution in [3.05, 3.63) is 23.8 Å². The van der Waals surface area contributed by atoms with E-state index in [0.717, 1.165) is 57.2 Å². The minimum atomic E-state index is -0.136. The van der Waals surface area contributed by atoms with Gasteiger partial charge in [0, 0.05) is 18.9 Å². The molecular weight excluding hydrogens is 418 g/mol. The summed E-state index contributed by atoms with van der Waals surface area (Å²) in [4.78, 5) is 11.7. The number of nitrogens with zero attached hydrogens (tertiary/aromatic N) is 1. The summed E-state index contributed by atoms with van der Waals surface area (Å²) in [7, 11) is 0. The van der Waals surface area contributed by atoms with Crippen LogP contribution in [-0.2, 0) is 9.53 Å². The number of thiocarbonyl (C=S) groups is 1. The van der Waals surface area contributed by atoms with Crippen LogP contribution >= 0.6 is 12.2 Å². The molecule has 0 aliphatic heterocycles. The van der Waals surface area contributed by atoms with E-state index in [1.807, 2.05) is 0 Å². The average Bonchev–Trinajstić information content (AvgIpc) is 3.08. The van der Waals surface area contributed by atoms with Gasteiger partial charge in [-0.15, -0.1) is 0 Å². The van der Waals surface area contributed by atoms with Crippen LogP contribution in [0.2, 0.25) is 0 Å². The minimum Gasteiger partial charge on any atom is -0.462 e. The van der Waals surface area contributed by atoms with Crippen LogP contribution in [0.25, 0.3) is 0 Å². The fourth-order valence-corrected chi connectivity index (χ4v) is 7.13. The topological polar surface area (TPSA) is 62.7 Å². The highest BCUT2D eigenvalue weighted by Gasteiger charge is 2.58. The Kier molecular flexibility index (Phi) is 6.81. The second-order valence-corrected chi connectivity index (χ2v) is 11.1. The highest BCUT2D eigenvalue weighted by molar-refractivity contribution is 7.80. The van der Waals surface area contributed by atoms with E-state index in [1.165, 1.54) is 12.0 Å². The molecule has 176 valence electrons. The van der Waals surface area contributed by atoms with Crippen LogP contribution in [0, 0.1) is 28.6 Å². The van der Waals surface area contributed by atoms with Crippen molar-refractivity contribution in [2.75, 3.05) is 6.54 Å². The summed E-state index contributed by atoms with van der Waals surface area (Å²) < 4.78 is 5.77. The number of carbonyl (C=O) groups is 1. The van der Waals surface area contributed by atoms with E-state index < -0.39 is 0 Å². The second kappa shape index (κ2) is 9.28. The van der Waals surface area contributed by atoms with Gasteiger partial charge in [0.15, 0.2) is 5.11 Å². The molecule has 0 amide bonds. The van der Waals surface area contributed by atoms with Gasteiger partial charge in [-0.2, -0.15) is 5.10 Å². The van der Waals surface area contributed by atoms with Crippen LogP contribution in [0.4, 0.5) is 0 Å². The number of hydrogen-bond donors (Lipinski definition) is 2. The van der Waals surface area contributed by atoms with E-state index >= 15 is 0 Å². The van der Waals surface area contributed by atoms with Crippen molar-refractivity contribution in [1.29, 1.82) is 0 Å². The lowest BCUT2D eigenvalue weighted by atomic mass is 9.49. The van der Waals surface area contributed by atoms with Gasteiger partial charge in [-0.3, -0.25) is 10.2 Å². The Labute approximate surface area is 198 Å². The number of nitrogens with one attached hydrogen (secondary N) is 2. The zero-order chi connectivity index (χ0) is 22.9. The van der Waals surface area contributed by atoms with Crippen molar-refractivity contribution in [2.45, 2.75) is 85.2 Å². The first kappa shape index (κ1) is 23.5. The van der Waals surface area contributed by atoms with Gasteiger partial charge in [0.25, 0.3) is 0 Å². The number of hydrazone groups is 1. The van der Waals surface area contributed by atoms with Gasteiger partial charge < -0.3 is 10.1 Å². The zero-order valence-corrected chi connectivity index (χ0v) is 20.9. The maximum atomic E-state index is 11.7. The Morgan fingerprint density at radius 1 is 1.25 bits per heavy atom. The molecule has 4 rings (SSSR count). The van der Waals surface area contributed by atoms with Gasteiger partial charge in [-0.25, -0.2) is 0 Å². The molecule has 0 aromatic carbocycles. The van der Waals surface area contributed by atoms with Gasteiger partial charge in [0.05, 0.1) is 5.71 Å². The second-order valence-electron chi connectivity index (χ2n) is 10.7. The van der Waals surface area contributed by atoms with Crippen molar-refractivity contribution < 1.29 is 9.53 Å². The molecule has 32 heavy (non-hydrogen) atoms. The minimum absolute atomic E-state index is 0.0787. The molecule has 0 bridgehead atoms. The highest BCUT2D eigenvalue weighted by atomic mass is 32.1. The first-order chi connectivity index (χ1) is 15.3. The third-order valence-corrected chi connectivity index (χ3v) is 9.10. The molecule has 2 N–H and O–H groups in total. The number of esters is 1. The Balaban J connectivity index is 1.49. The summed E-state index contributed by atoms with van der Waals surface area (Å²) in [6.07, 6.45) is 16.0. The molecule has 2 saturated carbocycles. The molecular formula is C26H39N3O2S. The van der Waals surface area contributed by atoms with Crippen molar-refractivity contribution in [2.24, 2.45) is 33.7 Å². The van der Waals surface area contributed by atoms with Crippen molar-refractivity contribution >= 4 is 29.0 Å². The van der Waals surface area contributed by atoms with Gasteiger partial charge in [0.2, 0.25) is 0 Å². The molecule has 0 saturated heterocycles. The van der Waals surface area contributed by atoms with Gasteiger partial charge >= 0.3 is 5.97 Å². The number of hydrogen-bond acceptors (Lipinski definition) is 4. The number of rotatable bonds is 5. The zero-order valence-electron chi connectivity index (χ0n) is 20.1. The van der Waals surface area contributed by atoms with E-state index in [4.69, 9.17) is 17.0 Å². The molecule has 0 radical (unpaired) electrons. The molecule has 0 spiro atoms. The lowest BCUT2D eigenvalue weighted by Gasteiger charge is -2.55. The summed E-state index contributed by atoms with van der Waals surface area (Å²) >= 11 is 5.34. The summed E-state index contributed by atoms with van der Waals surface area (Å²) in [5.41, 5.74) is 5.83. The number of ether oxygens (including phenoxy) is 1. The predicted octanol–water partition coefficient (Wildman–Crippen LogP) is 5.28. The summed E-state index contributed by atoms with van der Waals surface area (Å²) in [5, 5.41) is 8.41. The normalized spacial score (nSPS) is 38.9. The monoisotopic (exact) mass is 457 g/mol. The van der Waals surface area contributed by atoms with Gasteiger partial charge in [-0.05, 0) is 92.0 Å². The van der Waals surface area contributed by atoms with Crippen LogP contribution in [0.3, 0.4) is 0 Å². The lowest BCUT2D eigenvalue weighted by molar-refractivity contribution is -0.155. The lowest BCUT2D eigenvalue weighted by Crippen LogP contribution is -2.50. The summed E-state index contributed by atoms with van der Waals surface area (Å²) in [6.45, 7) is 9.43. The Hall–Kier alpha value is -1.69. The SMILES string of the molecule is CCCCNC(=S)N/N=C1/C=C2C=CC3C(CCC4(C)C(OC(C)=O)CCC34)C2(C)CC1. The Morgan fingerprint density at radius 3 is 2.81 bits per heavy atom. The van der Waals surface area contributed by atoms with Crippen molar-refractivity contribution in [3.8, 4) is 0 Å². The van der Waals surface area contributed by atoms with Crippen LogP contribution < -0.4 is 10.7 Å². The first-order valence-corrected chi connectivity index (χ1v) is 12.9. The fourth-order valence-electron chi connectivity index (χ4n) is 6.98. The molecule has 4 aliphatic rings. The van der Waals surface area contributed by atoms with E-state index in [-0.39, 0.29) is 22.9 Å². The maximum absolute atomic E-state index is 11.7. The Bertz CT molecular complexity index is 850. The molecule has 6 heteroatoms. The molecule has 0 aromatic rings. The van der Waals surface area contributed by atoms with Crippen LogP contribution in [-0.4, -0.2) is 29.4 Å². The van der Waals surface area contributed by atoms with E-state index in [1.54, 1.807) is 6.92 Å². The standard InChI is InChI=1S/C26H39N3O2S/c1-5-6-15-27-24(32)29-28-19-11-13-25(3)18(16-19)7-8-20-21-9-10-23(31-17(2)30)26(21,4)14-12-22(20)25/h7-8,16,20-23H,5-6,9-15H2,1-4H3,(H2,27,29,32)/b28-19+. The first-order valence-electron chi connectivity index (χ1n) is 12.5. The molecule has 0 aromatic heterocycles. The molecule has 6 atom stereocenters. The smallest absolute Gasteiger partial charge is 0.302 e. The third-order valence-electron chi connectivity index (χ3n) is 8.87. The van der Waals surface area contributed by atoms with Crippen LogP contribution in [0.1, 0.15) is 79.1 Å². The summed E-state index contributed by atoms with van der Waals surface area (Å²) in [6, 6.07) is 0. The highest BCUT2D eigenvalue weighted by Crippen LogP contribution is 2.64. The van der Waals surface area contributed by atoms with E-state index in [9.17, 15) is 4.79 Å². The van der Waals surface area contributed by atoms with Crippen molar-refractivity contribution in [1.82, 2.24) is 10.7 Å². The average molecular weight is 458 g/mol. The largest absolute Gasteiger partial charge is 0.462 e. The van der Waals surface area contributed by atoms with Gasteiger partial charge in [-0.1, -0.05) is 39.3 Å². The van der Waals surface area contributed by atoms with Crippen molar-refractivity contribution in [3.63, 3.8) is 0 Å². The van der Waals surface area contributed by atoms with Gasteiger partial charge in [0.1, 0.15) is 6.10 Å². The molecule has 4 aliphatic carbocycles.